The van der Waals surface area contributed by atoms with Crippen molar-refractivity contribution in [3.8, 4) is 0 Å². The Bertz CT molecular complexity index is 759. The third kappa shape index (κ3) is 5.02. The van der Waals surface area contributed by atoms with E-state index in [0.717, 1.165) is 12.8 Å². The van der Waals surface area contributed by atoms with Gasteiger partial charge in [0.05, 0.1) is 10.5 Å². The number of benzene rings is 1. The van der Waals surface area contributed by atoms with E-state index in [1.807, 2.05) is 13.8 Å². The minimum absolute atomic E-state index is 0.0660. The van der Waals surface area contributed by atoms with E-state index in [1.54, 1.807) is 0 Å². The van der Waals surface area contributed by atoms with Crippen molar-refractivity contribution < 1.29 is 18.0 Å². The van der Waals surface area contributed by atoms with Gasteiger partial charge in [-0.15, -0.1) is 0 Å². The molecule has 0 bridgehead atoms. The molecule has 1 fully saturated rings. The second-order valence-electron chi connectivity index (χ2n) is 6.35. The fourth-order valence-electron chi connectivity index (χ4n) is 2.53. The Morgan fingerprint density at radius 2 is 1.84 bits per heavy atom. The van der Waals surface area contributed by atoms with Gasteiger partial charge in [-0.05, 0) is 52.9 Å². The lowest BCUT2D eigenvalue weighted by Crippen LogP contribution is -2.42. The van der Waals surface area contributed by atoms with Gasteiger partial charge in [0.1, 0.15) is 0 Å². The molecule has 0 spiro atoms. The van der Waals surface area contributed by atoms with Gasteiger partial charge < -0.3 is 0 Å². The summed E-state index contributed by atoms with van der Waals surface area (Å²) in [6.45, 7) is 4.77. The number of nitrogens with one attached hydrogen (secondary N) is 2. The van der Waals surface area contributed by atoms with Crippen molar-refractivity contribution in [1.82, 2.24) is 15.2 Å². The molecule has 1 aliphatic rings. The monoisotopic (exact) mass is 431 g/mol. The maximum absolute atomic E-state index is 12.6. The third-order valence-electron chi connectivity index (χ3n) is 3.79. The van der Waals surface area contributed by atoms with Crippen LogP contribution in [0.3, 0.4) is 0 Å². The quantitative estimate of drug-likeness (QED) is 0.697. The van der Waals surface area contributed by atoms with Crippen LogP contribution in [-0.4, -0.2) is 37.6 Å². The Kier molecular flexibility index (Phi) is 6.59. The van der Waals surface area contributed by atoms with E-state index in [1.165, 1.54) is 22.5 Å². The van der Waals surface area contributed by atoms with Gasteiger partial charge in [0.25, 0.3) is 5.91 Å². The van der Waals surface area contributed by atoms with Gasteiger partial charge in [-0.1, -0.05) is 13.8 Å². The first-order valence-electron chi connectivity index (χ1n) is 8.10. The maximum atomic E-state index is 12.6. The number of rotatable bonds is 5. The summed E-state index contributed by atoms with van der Waals surface area (Å²) in [7, 11) is -3.61. The van der Waals surface area contributed by atoms with Gasteiger partial charge in [-0.3, -0.25) is 20.4 Å². The van der Waals surface area contributed by atoms with Gasteiger partial charge in [-0.25, -0.2) is 8.42 Å². The molecule has 25 heavy (non-hydrogen) atoms. The molecule has 9 heteroatoms. The fourth-order valence-corrected chi connectivity index (χ4v) is 4.50. The third-order valence-corrected chi connectivity index (χ3v) is 6.38. The molecule has 0 atom stereocenters. The summed E-state index contributed by atoms with van der Waals surface area (Å²) >= 11 is 3.25. The summed E-state index contributed by atoms with van der Waals surface area (Å²) in [5.41, 5.74) is 4.79. The minimum atomic E-state index is -3.61. The molecule has 2 rings (SSSR count). The van der Waals surface area contributed by atoms with Gasteiger partial charge >= 0.3 is 0 Å². The van der Waals surface area contributed by atoms with Crippen LogP contribution in [0.15, 0.2) is 27.6 Å². The molecule has 2 amide bonds. The van der Waals surface area contributed by atoms with Crippen molar-refractivity contribution in [2.75, 3.05) is 13.1 Å². The number of carbonyl (C=O) groups excluding carboxylic acids is 2. The van der Waals surface area contributed by atoms with E-state index in [4.69, 9.17) is 0 Å². The SMILES string of the molecule is CC(C)CC(=O)NNC(=O)c1cc(S(=O)(=O)N2CCCC2)ccc1Br. The van der Waals surface area contributed by atoms with Crippen molar-refractivity contribution in [1.29, 1.82) is 0 Å². The van der Waals surface area contributed by atoms with Gasteiger partial charge in [0.15, 0.2) is 0 Å². The van der Waals surface area contributed by atoms with Crippen LogP contribution >= 0.6 is 15.9 Å². The molecule has 0 saturated carbocycles. The Labute approximate surface area is 156 Å². The highest BCUT2D eigenvalue weighted by Crippen LogP contribution is 2.25. The summed E-state index contributed by atoms with van der Waals surface area (Å²) in [6, 6.07) is 4.31. The first-order chi connectivity index (χ1) is 11.7. The van der Waals surface area contributed by atoms with Crippen molar-refractivity contribution in [3.05, 3.63) is 28.2 Å². The van der Waals surface area contributed by atoms with Crippen LogP contribution in [0, 0.1) is 5.92 Å². The molecule has 1 aromatic rings. The molecular formula is C16H22BrN3O4S. The molecule has 1 aliphatic heterocycles. The van der Waals surface area contributed by atoms with Crippen LogP contribution < -0.4 is 10.9 Å². The summed E-state index contributed by atoms with van der Waals surface area (Å²) in [5.74, 6) is -0.722. The Morgan fingerprint density at radius 3 is 2.44 bits per heavy atom. The lowest BCUT2D eigenvalue weighted by molar-refractivity contribution is -0.122. The molecule has 1 aromatic carbocycles. The lowest BCUT2D eigenvalue weighted by Gasteiger charge is -2.16. The number of amides is 2. The van der Waals surface area contributed by atoms with Crippen LogP contribution in [0.2, 0.25) is 0 Å². The van der Waals surface area contributed by atoms with Crippen LogP contribution in [0.4, 0.5) is 0 Å². The van der Waals surface area contributed by atoms with Crippen LogP contribution in [-0.2, 0) is 14.8 Å². The molecule has 0 aromatic heterocycles. The second kappa shape index (κ2) is 8.29. The smallest absolute Gasteiger partial charge is 0.270 e. The Morgan fingerprint density at radius 1 is 1.20 bits per heavy atom. The number of halogens is 1. The molecule has 0 radical (unpaired) electrons. The molecule has 138 valence electrons. The highest BCUT2D eigenvalue weighted by Gasteiger charge is 2.28. The minimum Gasteiger partial charge on any atom is -0.273 e. The molecule has 0 aliphatic carbocycles. The molecule has 1 saturated heterocycles. The van der Waals surface area contributed by atoms with Crippen LogP contribution in [0.5, 0.6) is 0 Å². The molecule has 7 nitrogen and oxygen atoms in total. The summed E-state index contributed by atoms with van der Waals surface area (Å²) in [4.78, 5) is 24.0. The lowest BCUT2D eigenvalue weighted by atomic mass is 10.1. The normalized spacial score (nSPS) is 15.4. The predicted octanol–water partition coefficient (Wildman–Crippen LogP) is 2.04. The molecule has 1 heterocycles. The summed E-state index contributed by atoms with van der Waals surface area (Å²) in [6.07, 6.45) is 1.96. The highest BCUT2D eigenvalue weighted by molar-refractivity contribution is 9.10. The van der Waals surface area contributed by atoms with Crippen LogP contribution in [0.1, 0.15) is 43.5 Å². The van der Waals surface area contributed by atoms with E-state index < -0.39 is 15.9 Å². The number of nitrogens with zero attached hydrogens (tertiary/aromatic N) is 1. The zero-order valence-corrected chi connectivity index (χ0v) is 16.6. The zero-order chi connectivity index (χ0) is 18.6. The van der Waals surface area contributed by atoms with Gasteiger partial charge in [0, 0.05) is 24.0 Å². The van der Waals surface area contributed by atoms with Crippen molar-refractivity contribution in [3.63, 3.8) is 0 Å². The van der Waals surface area contributed by atoms with Crippen molar-refractivity contribution >= 4 is 37.8 Å². The first kappa shape index (κ1) is 19.9. The number of hydrogen-bond donors (Lipinski definition) is 2. The number of carbonyl (C=O) groups is 2. The molecular weight excluding hydrogens is 410 g/mol. The average Bonchev–Trinajstić information content (AvgIpc) is 3.07. The van der Waals surface area contributed by atoms with E-state index in [9.17, 15) is 18.0 Å². The van der Waals surface area contributed by atoms with E-state index in [0.29, 0.717) is 17.6 Å². The number of hydrogen-bond acceptors (Lipinski definition) is 4. The second-order valence-corrected chi connectivity index (χ2v) is 9.15. The van der Waals surface area contributed by atoms with E-state index in [2.05, 4.69) is 26.8 Å². The largest absolute Gasteiger partial charge is 0.273 e. The van der Waals surface area contributed by atoms with Gasteiger partial charge in [0.2, 0.25) is 15.9 Å². The first-order valence-corrected chi connectivity index (χ1v) is 10.3. The Hall–Kier alpha value is -1.45. The van der Waals surface area contributed by atoms with Crippen LogP contribution in [0.25, 0.3) is 0 Å². The number of hydrazine groups is 1. The summed E-state index contributed by atoms with van der Waals surface area (Å²) < 4.78 is 27.1. The number of sulfonamides is 1. The average molecular weight is 432 g/mol. The van der Waals surface area contributed by atoms with E-state index in [-0.39, 0.29) is 28.7 Å². The highest BCUT2D eigenvalue weighted by atomic mass is 79.9. The zero-order valence-electron chi connectivity index (χ0n) is 14.2. The summed E-state index contributed by atoms with van der Waals surface area (Å²) in [5, 5.41) is 0. The topological polar surface area (TPSA) is 95.6 Å². The van der Waals surface area contributed by atoms with E-state index >= 15 is 0 Å². The molecule has 2 N–H and O–H groups in total. The fraction of sp³-hybridized carbons (Fsp3) is 0.500. The van der Waals surface area contributed by atoms with Crippen molar-refractivity contribution in [2.24, 2.45) is 5.92 Å². The predicted molar refractivity (Wildman–Crippen MR) is 97.2 cm³/mol. The van der Waals surface area contributed by atoms with Crippen molar-refractivity contribution in [2.45, 2.75) is 38.0 Å². The molecule has 0 unspecified atom stereocenters. The van der Waals surface area contributed by atoms with Gasteiger partial charge in [-0.2, -0.15) is 4.31 Å². The Balaban J connectivity index is 2.15. The standard InChI is InChI=1S/C16H22BrN3O4S/c1-11(2)9-15(21)18-19-16(22)13-10-12(5-6-14(13)17)25(23,24)20-7-3-4-8-20/h5-6,10-11H,3-4,7-9H2,1-2H3,(H,18,21)(H,19,22). The maximum Gasteiger partial charge on any atom is 0.270 e.